The summed E-state index contributed by atoms with van der Waals surface area (Å²) in [5.41, 5.74) is -0.727. The molecule has 5 atom stereocenters. The summed E-state index contributed by atoms with van der Waals surface area (Å²) in [6.45, 7) is 8.46. The third-order valence-corrected chi connectivity index (χ3v) is 9.05. The average molecular weight is 579 g/mol. The van der Waals surface area contributed by atoms with Gasteiger partial charge in [-0.3, -0.25) is 14.6 Å². The lowest BCUT2D eigenvalue weighted by Crippen LogP contribution is -2.52. The maximum atomic E-state index is 14.4. The number of hydrogen-bond donors (Lipinski definition) is 1. The van der Waals surface area contributed by atoms with Gasteiger partial charge in [0.05, 0.1) is 23.7 Å². The van der Waals surface area contributed by atoms with Gasteiger partial charge in [-0.05, 0) is 48.3 Å². The zero-order valence-corrected chi connectivity index (χ0v) is 24.3. The lowest BCUT2D eigenvalue weighted by Gasteiger charge is -2.37. The standard InChI is InChI=1S/C30H41F3N4O4/c1-28(2,3)8-5-26(38)37-16-21-12-22(35-24-7-10-41-17-25(24)40-4)13-29(21,18-37)27(39)36-9-6-23-19(15-36)11-20(14-34-23)30(31,32)33/h5,8,11,14,21-22,24-25,35H,6-7,9-10,12-13,15-18H2,1-4H3/b8-5+/t21-,22+,24?,25?,29-/m0/s1. The van der Waals surface area contributed by atoms with Gasteiger partial charge >= 0.3 is 6.18 Å². The Bertz CT molecular complexity index is 1180. The van der Waals surface area contributed by atoms with Crippen LogP contribution in [0, 0.1) is 16.7 Å². The average Bonchev–Trinajstić information content (AvgIpc) is 3.45. The van der Waals surface area contributed by atoms with Gasteiger partial charge in [0.1, 0.15) is 0 Å². The highest BCUT2D eigenvalue weighted by molar-refractivity contribution is 5.91. The molecule has 1 aliphatic carbocycles. The van der Waals surface area contributed by atoms with E-state index in [1.165, 1.54) is 0 Å². The first kappa shape index (κ1) is 30.0. The highest BCUT2D eigenvalue weighted by Gasteiger charge is 2.59. The van der Waals surface area contributed by atoms with E-state index in [0.717, 1.165) is 25.1 Å². The molecule has 1 N–H and O–H groups in total. The first-order valence-electron chi connectivity index (χ1n) is 14.5. The highest BCUT2D eigenvalue weighted by atomic mass is 19.4. The summed E-state index contributed by atoms with van der Waals surface area (Å²) in [4.78, 5) is 35.1. The van der Waals surface area contributed by atoms with E-state index >= 15 is 0 Å². The number of ether oxygens (including phenoxy) is 2. The molecule has 1 aromatic heterocycles. The molecular formula is C30H41F3N4O4. The van der Waals surface area contributed by atoms with Crippen molar-refractivity contribution in [1.29, 1.82) is 0 Å². The van der Waals surface area contributed by atoms with E-state index in [2.05, 4.69) is 10.3 Å². The van der Waals surface area contributed by atoms with Gasteiger partial charge in [0.25, 0.3) is 0 Å². The van der Waals surface area contributed by atoms with Gasteiger partial charge in [-0.2, -0.15) is 13.2 Å². The molecule has 2 unspecified atom stereocenters. The number of halogens is 3. The minimum atomic E-state index is -4.50. The second-order valence-corrected chi connectivity index (χ2v) is 13.1. The van der Waals surface area contributed by atoms with Crippen LogP contribution < -0.4 is 5.32 Å². The van der Waals surface area contributed by atoms with Gasteiger partial charge < -0.3 is 24.6 Å². The minimum absolute atomic E-state index is 0.0543. The molecule has 8 nitrogen and oxygen atoms in total. The fraction of sp³-hybridized carbons (Fsp3) is 0.700. The Morgan fingerprint density at radius 2 is 2.02 bits per heavy atom. The summed E-state index contributed by atoms with van der Waals surface area (Å²) in [7, 11) is 1.67. The summed E-state index contributed by atoms with van der Waals surface area (Å²) < 4.78 is 51.4. The Kier molecular flexibility index (Phi) is 8.26. The van der Waals surface area contributed by atoms with Crippen LogP contribution >= 0.6 is 0 Å². The van der Waals surface area contributed by atoms with Crippen LogP contribution in [0.2, 0.25) is 0 Å². The van der Waals surface area contributed by atoms with E-state index in [-0.39, 0.29) is 47.9 Å². The number of hydrogen-bond acceptors (Lipinski definition) is 6. The van der Waals surface area contributed by atoms with Crippen LogP contribution in [0.3, 0.4) is 0 Å². The van der Waals surface area contributed by atoms with Gasteiger partial charge in [-0.25, -0.2) is 0 Å². The molecule has 3 fully saturated rings. The molecule has 41 heavy (non-hydrogen) atoms. The van der Waals surface area contributed by atoms with Gasteiger partial charge in [0.2, 0.25) is 11.8 Å². The molecule has 0 bridgehead atoms. The van der Waals surface area contributed by atoms with Crippen LogP contribution in [0.5, 0.6) is 0 Å². The molecular weight excluding hydrogens is 537 g/mol. The van der Waals surface area contributed by atoms with Crippen molar-refractivity contribution in [1.82, 2.24) is 20.1 Å². The zero-order valence-electron chi connectivity index (χ0n) is 24.3. The Morgan fingerprint density at radius 1 is 1.24 bits per heavy atom. The number of amides is 2. The molecule has 4 aliphatic rings. The monoisotopic (exact) mass is 578 g/mol. The lowest BCUT2D eigenvalue weighted by atomic mass is 9.78. The topological polar surface area (TPSA) is 84.0 Å². The molecule has 226 valence electrons. The fourth-order valence-electron chi connectivity index (χ4n) is 6.93. The van der Waals surface area contributed by atoms with Crippen molar-refractivity contribution in [3.8, 4) is 0 Å². The molecule has 3 aliphatic heterocycles. The maximum absolute atomic E-state index is 14.4. The minimum Gasteiger partial charge on any atom is -0.379 e. The first-order chi connectivity index (χ1) is 19.3. The third kappa shape index (κ3) is 6.32. The number of likely N-dealkylation sites (tertiary alicyclic amines) is 1. The highest BCUT2D eigenvalue weighted by Crippen LogP contribution is 2.51. The van der Waals surface area contributed by atoms with Crippen molar-refractivity contribution in [3.05, 3.63) is 41.2 Å². The number of pyridine rings is 1. The summed E-state index contributed by atoms with van der Waals surface area (Å²) >= 11 is 0. The Morgan fingerprint density at radius 3 is 2.73 bits per heavy atom. The number of fused-ring (bicyclic) bond motifs is 2. The van der Waals surface area contributed by atoms with Crippen LogP contribution in [0.25, 0.3) is 0 Å². The molecule has 0 radical (unpaired) electrons. The van der Waals surface area contributed by atoms with Gasteiger partial charge in [0.15, 0.2) is 0 Å². The van der Waals surface area contributed by atoms with Gasteiger partial charge in [-0.15, -0.1) is 0 Å². The second kappa shape index (κ2) is 11.3. The van der Waals surface area contributed by atoms with E-state index in [9.17, 15) is 22.8 Å². The molecule has 1 aromatic rings. The largest absolute Gasteiger partial charge is 0.417 e. The van der Waals surface area contributed by atoms with E-state index in [4.69, 9.17) is 9.47 Å². The van der Waals surface area contributed by atoms with Crippen LogP contribution in [0.1, 0.15) is 56.9 Å². The summed E-state index contributed by atoms with van der Waals surface area (Å²) in [6, 6.07) is 1.28. The van der Waals surface area contributed by atoms with Crippen LogP contribution in [0.15, 0.2) is 24.4 Å². The van der Waals surface area contributed by atoms with E-state index < -0.39 is 17.2 Å². The number of nitrogens with one attached hydrogen (secondary N) is 1. The van der Waals surface area contributed by atoms with Crippen molar-refractivity contribution in [3.63, 3.8) is 0 Å². The number of carbonyl (C=O) groups excluding carboxylic acids is 2. The van der Waals surface area contributed by atoms with E-state index in [1.807, 2.05) is 26.8 Å². The maximum Gasteiger partial charge on any atom is 0.417 e. The van der Waals surface area contributed by atoms with E-state index in [0.29, 0.717) is 56.9 Å². The molecule has 0 spiro atoms. The van der Waals surface area contributed by atoms with Crippen LogP contribution in [-0.2, 0) is 38.2 Å². The Labute approximate surface area is 239 Å². The van der Waals surface area contributed by atoms with Crippen molar-refractivity contribution in [2.24, 2.45) is 16.7 Å². The third-order valence-electron chi connectivity index (χ3n) is 9.05. The summed E-state index contributed by atoms with van der Waals surface area (Å²) in [5, 5.41) is 3.73. The van der Waals surface area contributed by atoms with Crippen molar-refractivity contribution in [2.45, 2.75) is 77.4 Å². The second-order valence-electron chi connectivity index (χ2n) is 13.1. The first-order valence-corrected chi connectivity index (χ1v) is 14.5. The normalized spacial score (nSPS) is 30.5. The number of allylic oxidation sites excluding steroid dienone is 1. The van der Waals surface area contributed by atoms with Gasteiger partial charge in [0, 0.05) is 70.3 Å². The van der Waals surface area contributed by atoms with Crippen LogP contribution in [0.4, 0.5) is 13.2 Å². The van der Waals surface area contributed by atoms with Crippen molar-refractivity contribution < 1.29 is 32.2 Å². The fourth-order valence-corrected chi connectivity index (χ4v) is 6.93. The van der Waals surface area contributed by atoms with Crippen molar-refractivity contribution in [2.75, 3.05) is 40.0 Å². The zero-order chi connectivity index (χ0) is 29.6. The molecule has 2 amide bonds. The molecule has 1 saturated carbocycles. The van der Waals surface area contributed by atoms with Crippen molar-refractivity contribution >= 4 is 11.8 Å². The quantitative estimate of drug-likeness (QED) is 0.538. The Balaban J connectivity index is 1.38. The number of carbonyl (C=O) groups is 2. The SMILES string of the molecule is COC1COCCC1N[C@@H]1C[C@H]2CN(C(=O)/C=C/C(C)(C)C)C[C@@]2(C(=O)N2CCc3ncc(C(F)(F)F)cc3C2)C1. The number of methoxy groups -OCH3 is 1. The lowest BCUT2D eigenvalue weighted by molar-refractivity contribution is -0.144. The summed E-state index contributed by atoms with van der Waals surface area (Å²) in [5.74, 6) is -0.250. The molecule has 0 aromatic carbocycles. The predicted octanol–water partition coefficient (Wildman–Crippen LogP) is 3.59. The molecule has 11 heteroatoms. The van der Waals surface area contributed by atoms with E-state index in [1.54, 1.807) is 23.0 Å². The molecule has 4 heterocycles. The Hall–Kier alpha value is -2.50. The predicted molar refractivity (Wildman–Crippen MR) is 146 cm³/mol. The number of rotatable bonds is 5. The van der Waals surface area contributed by atoms with Gasteiger partial charge in [-0.1, -0.05) is 26.8 Å². The summed E-state index contributed by atoms with van der Waals surface area (Å²) in [6.07, 6.45) is 2.26. The van der Waals surface area contributed by atoms with Crippen LogP contribution in [-0.4, -0.2) is 84.7 Å². The smallest absolute Gasteiger partial charge is 0.379 e. The number of aromatic nitrogens is 1. The molecule has 2 saturated heterocycles. The molecule has 5 rings (SSSR count). The number of alkyl halides is 3. The number of nitrogens with zero attached hydrogens (tertiary/aromatic N) is 3.